The standard InChI is InChI=1S/C16H20ClF3N2O2S.ClH/c17-12-3-4-15(13(10-12)16(18,19)20)25(23,24)22-8-5-11(6-9-22)14-2-1-7-21-14;/h3-4,10-11,14,21H,1-2,5-9H2;1H. The van der Waals surface area contributed by atoms with Crippen LogP contribution in [0.5, 0.6) is 0 Å². The molecule has 2 heterocycles. The Kier molecular flexibility index (Phi) is 6.88. The van der Waals surface area contributed by atoms with Crippen molar-refractivity contribution in [1.82, 2.24) is 9.62 Å². The summed E-state index contributed by atoms with van der Waals surface area (Å²) >= 11 is 5.64. The molecule has 1 atom stereocenters. The summed E-state index contributed by atoms with van der Waals surface area (Å²) in [5, 5.41) is 3.27. The van der Waals surface area contributed by atoms with Gasteiger partial charge in [-0.05, 0) is 56.3 Å². The van der Waals surface area contributed by atoms with Crippen molar-refractivity contribution in [2.45, 2.75) is 42.8 Å². The second-order valence-corrected chi connectivity index (χ2v) is 8.93. The summed E-state index contributed by atoms with van der Waals surface area (Å²) in [6.07, 6.45) is -1.27. The lowest BCUT2D eigenvalue weighted by Crippen LogP contribution is -2.43. The Morgan fingerprint density at radius 3 is 2.35 bits per heavy atom. The minimum Gasteiger partial charge on any atom is -0.314 e. The van der Waals surface area contributed by atoms with Gasteiger partial charge in [-0.2, -0.15) is 17.5 Å². The number of alkyl halides is 3. The van der Waals surface area contributed by atoms with E-state index in [2.05, 4.69) is 5.32 Å². The average molecular weight is 433 g/mol. The summed E-state index contributed by atoms with van der Waals surface area (Å²) in [5.74, 6) is 0.376. The minimum atomic E-state index is -4.78. The fourth-order valence-corrected chi connectivity index (χ4v) is 5.55. The first kappa shape index (κ1) is 21.8. The van der Waals surface area contributed by atoms with Crippen LogP contribution in [0.1, 0.15) is 31.2 Å². The molecule has 4 nitrogen and oxygen atoms in total. The van der Waals surface area contributed by atoms with Gasteiger partial charge in [0.2, 0.25) is 10.0 Å². The molecule has 0 saturated carbocycles. The molecule has 3 rings (SSSR count). The van der Waals surface area contributed by atoms with E-state index in [-0.39, 0.29) is 30.5 Å². The molecule has 1 unspecified atom stereocenters. The van der Waals surface area contributed by atoms with Crippen LogP contribution in [0, 0.1) is 5.92 Å². The van der Waals surface area contributed by atoms with Crippen molar-refractivity contribution in [3.63, 3.8) is 0 Å². The highest BCUT2D eigenvalue weighted by Gasteiger charge is 2.40. The molecule has 0 radical (unpaired) electrons. The van der Waals surface area contributed by atoms with E-state index in [1.807, 2.05) is 0 Å². The van der Waals surface area contributed by atoms with Gasteiger partial charge in [0.05, 0.1) is 10.5 Å². The largest absolute Gasteiger partial charge is 0.417 e. The topological polar surface area (TPSA) is 49.4 Å². The Hall–Kier alpha value is -0.540. The van der Waals surface area contributed by atoms with E-state index < -0.39 is 26.7 Å². The van der Waals surface area contributed by atoms with Crippen molar-refractivity contribution in [3.8, 4) is 0 Å². The van der Waals surface area contributed by atoms with E-state index in [9.17, 15) is 21.6 Å². The highest BCUT2D eigenvalue weighted by molar-refractivity contribution is 7.89. The van der Waals surface area contributed by atoms with Gasteiger partial charge in [0, 0.05) is 24.2 Å². The maximum absolute atomic E-state index is 13.2. The quantitative estimate of drug-likeness (QED) is 0.786. The molecule has 0 bridgehead atoms. The molecular weight excluding hydrogens is 412 g/mol. The normalized spacial score (nSPS) is 23.0. The molecule has 0 aliphatic carbocycles. The number of benzene rings is 1. The SMILES string of the molecule is Cl.O=S(=O)(c1ccc(Cl)cc1C(F)(F)F)N1CCC(C2CCCN2)CC1. The second-order valence-electron chi connectivity index (χ2n) is 6.58. The zero-order valence-electron chi connectivity index (χ0n) is 13.9. The number of nitrogens with one attached hydrogen (secondary N) is 1. The van der Waals surface area contributed by atoms with Crippen LogP contribution in [0.15, 0.2) is 23.1 Å². The minimum absolute atomic E-state index is 0. The average Bonchev–Trinajstić information content (AvgIpc) is 3.08. The van der Waals surface area contributed by atoms with E-state index >= 15 is 0 Å². The Morgan fingerprint density at radius 1 is 1.15 bits per heavy atom. The molecule has 26 heavy (non-hydrogen) atoms. The number of halogens is 5. The molecule has 1 aromatic rings. The number of sulfonamides is 1. The van der Waals surface area contributed by atoms with Crippen molar-refractivity contribution in [2.75, 3.05) is 19.6 Å². The third kappa shape index (κ3) is 4.47. The molecule has 0 aromatic heterocycles. The van der Waals surface area contributed by atoms with Crippen LogP contribution in [-0.2, 0) is 16.2 Å². The van der Waals surface area contributed by atoms with Gasteiger partial charge in [-0.15, -0.1) is 12.4 Å². The molecule has 2 saturated heterocycles. The summed E-state index contributed by atoms with van der Waals surface area (Å²) in [6.45, 7) is 1.46. The predicted molar refractivity (Wildman–Crippen MR) is 96.2 cm³/mol. The van der Waals surface area contributed by atoms with Crippen molar-refractivity contribution < 1.29 is 21.6 Å². The summed E-state index contributed by atoms with van der Waals surface area (Å²) in [6, 6.07) is 3.19. The van der Waals surface area contributed by atoms with Gasteiger partial charge < -0.3 is 5.32 Å². The van der Waals surface area contributed by atoms with Gasteiger partial charge in [-0.3, -0.25) is 0 Å². The number of hydrogen-bond acceptors (Lipinski definition) is 3. The summed E-state index contributed by atoms with van der Waals surface area (Å²) in [5.41, 5.74) is -1.21. The molecule has 0 spiro atoms. The second kappa shape index (κ2) is 8.22. The van der Waals surface area contributed by atoms with Crippen molar-refractivity contribution in [1.29, 1.82) is 0 Å². The summed E-state index contributed by atoms with van der Waals surface area (Å²) < 4.78 is 66.4. The number of hydrogen-bond donors (Lipinski definition) is 1. The maximum atomic E-state index is 13.2. The smallest absolute Gasteiger partial charge is 0.314 e. The van der Waals surface area contributed by atoms with Gasteiger partial charge in [-0.25, -0.2) is 8.42 Å². The van der Waals surface area contributed by atoms with E-state index in [0.29, 0.717) is 30.9 Å². The lowest BCUT2D eigenvalue weighted by molar-refractivity contribution is -0.139. The molecule has 10 heteroatoms. The van der Waals surface area contributed by atoms with Crippen molar-refractivity contribution in [2.24, 2.45) is 5.92 Å². The van der Waals surface area contributed by atoms with E-state index in [1.54, 1.807) is 0 Å². The number of piperidine rings is 1. The molecule has 1 N–H and O–H groups in total. The van der Waals surface area contributed by atoms with Crippen LogP contribution in [0.4, 0.5) is 13.2 Å². The van der Waals surface area contributed by atoms with E-state index in [1.165, 1.54) is 6.07 Å². The van der Waals surface area contributed by atoms with Crippen LogP contribution < -0.4 is 5.32 Å². The third-order valence-electron chi connectivity index (χ3n) is 5.03. The monoisotopic (exact) mass is 432 g/mol. The van der Waals surface area contributed by atoms with Gasteiger partial charge >= 0.3 is 6.18 Å². The summed E-state index contributed by atoms with van der Waals surface area (Å²) in [7, 11) is -4.21. The lowest BCUT2D eigenvalue weighted by atomic mass is 9.89. The van der Waals surface area contributed by atoms with Crippen molar-refractivity contribution in [3.05, 3.63) is 28.8 Å². The predicted octanol–water partition coefficient (Wildman–Crippen LogP) is 3.93. The Bertz CT molecular complexity index is 730. The molecule has 2 aliphatic rings. The molecular formula is C16H21Cl2F3N2O2S. The van der Waals surface area contributed by atoms with Gasteiger partial charge in [0.15, 0.2) is 0 Å². The van der Waals surface area contributed by atoms with Crippen molar-refractivity contribution >= 4 is 34.0 Å². The van der Waals surface area contributed by atoms with E-state index in [4.69, 9.17) is 11.6 Å². The Morgan fingerprint density at radius 2 is 1.81 bits per heavy atom. The molecule has 1 aromatic carbocycles. The molecule has 2 aliphatic heterocycles. The maximum Gasteiger partial charge on any atom is 0.417 e. The van der Waals surface area contributed by atoms with Crippen LogP contribution in [-0.4, -0.2) is 38.4 Å². The first-order chi connectivity index (χ1) is 11.7. The molecule has 2 fully saturated rings. The van der Waals surface area contributed by atoms with Crippen LogP contribution in [0.2, 0.25) is 5.02 Å². The van der Waals surface area contributed by atoms with Crippen LogP contribution in [0.3, 0.4) is 0 Å². The highest BCUT2D eigenvalue weighted by Crippen LogP contribution is 2.38. The van der Waals surface area contributed by atoms with Crippen LogP contribution >= 0.6 is 24.0 Å². The fourth-order valence-electron chi connectivity index (χ4n) is 3.72. The zero-order chi connectivity index (χ0) is 18.2. The Labute approximate surface area is 162 Å². The van der Waals surface area contributed by atoms with Gasteiger partial charge in [0.25, 0.3) is 0 Å². The zero-order valence-corrected chi connectivity index (χ0v) is 16.3. The fraction of sp³-hybridized carbons (Fsp3) is 0.625. The number of nitrogens with zero attached hydrogens (tertiary/aromatic N) is 1. The highest BCUT2D eigenvalue weighted by atomic mass is 35.5. The van der Waals surface area contributed by atoms with Crippen LogP contribution in [0.25, 0.3) is 0 Å². The Balaban J connectivity index is 0.00000243. The van der Waals surface area contributed by atoms with Gasteiger partial charge in [0.1, 0.15) is 0 Å². The third-order valence-corrected chi connectivity index (χ3v) is 7.22. The summed E-state index contributed by atoms with van der Waals surface area (Å²) in [4.78, 5) is -0.721. The first-order valence-electron chi connectivity index (χ1n) is 8.30. The van der Waals surface area contributed by atoms with Gasteiger partial charge in [-0.1, -0.05) is 11.6 Å². The molecule has 0 amide bonds. The van der Waals surface area contributed by atoms with E-state index in [0.717, 1.165) is 29.8 Å². The lowest BCUT2D eigenvalue weighted by Gasteiger charge is -2.34. The number of rotatable bonds is 3. The first-order valence-corrected chi connectivity index (χ1v) is 10.1. The molecule has 148 valence electrons.